The van der Waals surface area contributed by atoms with Crippen LogP contribution in [-0.2, 0) is 6.54 Å². The van der Waals surface area contributed by atoms with E-state index < -0.39 is 6.23 Å². The lowest BCUT2D eigenvalue weighted by molar-refractivity contribution is -0.0136. The average molecular weight is 478 g/mol. The van der Waals surface area contributed by atoms with Gasteiger partial charge in [-0.15, -0.1) is 0 Å². The molecule has 0 unspecified atom stereocenters. The summed E-state index contributed by atoms with van der Waals surface area (Å²) >= 11 is 0. The molecule has 35 heavy (non-hydrogen) atoms. The Labute approximate surface area is 201 Å². The Morgan fingerprint density at radius 2 is 1.51 bits per heavy atom. The second kappa shape index (κ2) is 9.85. The number of nitrogens with zero attached hydrogens (tertiary/aromatic N) is 7. The first-order valence-corrected chi connectivity index (χ1v) is 11.4. The molecule has 2 aromatic carbocycles. The average Bonchev–Trinajstić information content (AvgIpc) is 3.28. The fourth-order valence-electron chi connectivity index (χ4n) is 4.14. The van der Waals surface area contributed by atoms with Gasteiger partial charge in [-0.3, -0.25) is 4.90 Å². The predicted molar refractivity (Wildman–Crippen MR) is 127 cm³/mol. The van der Waals surface area contributed by atoms with Crippen molar-refractivity contribution in [1.82, 2.24) is 29.6 Å². The molecule has 0 aliphatic carbocycles. The lowest BCUT2D eigenvalue weighted by Crippen LogP contribution is -2.51. The summed E-state index contributed by atoms with van der Waals surface area (Å²) in [6.07, 6.45) is 0.762. The SMILES string of the molecule is Cc1cc(N2CCN([C@@H](O)Cn3nc(-c4ccc(F)cc4)nc3-c3ccc(F)cc3)CC2)ncn1. The molecule has 180 valence electrons. The molecule has 10 heteroatoms. The lowest BCUT2D eigenvalue weighted by atomic mass is 10.2. The highest BCUT2D eigenvalue weighted by Crippen LogP contribution is 2.24. The monoisotopic (exact) mass is 477 g/mol. The molecule has 5 rings (SSSR count). The topological polar surface area (TPSA) is 83.2 Å². The smallest absolute Gasteiger partial charge is 0.181 e. The molecule has 1 aliphatic rings. The number of hydrogen-bond donors (Lipinski definition) is 1. The fourth-order valence-corrected chi connectivity index (χ4v) is 4.14. The highest BCUT2D eigenvalue weighted by Gasteiger charge is 2.25. The van der Waals surface area contributed by atoms with Crippen molar-refractivity contribution < 1.29 is 13.9 Å². The van der Waals surface area contributed by atoms with Gasteiger partial charge >= 0.3 is 0 Å². The zero-order chi connectivity index (χ0) is 24.4. The van der Waals surface area contributed by atoms with Crippen LogP contribution in [0.5, 0.6) is 0 Å². The summed E-state index contributed by atoms with van der Waals surface area (Å²) in [7, 11) is 0. The van der Waals surface area contributed by atoms with Crippen LogP contribution in [0, 0.1) is 18.6 Å². The molecule has 1 atom stereocenters. The summed E-state index contributed by atoms with van der Waals surface area (Å²) in [4.78, 5) is 17.3. The highest BCUT2D eigenvalue weighted by atomic mass is 19.1. The van der Waals surface area contributed by atoms with Crippen LogP contribution in [0.25, 0.3) is 22.8 Å². The van der Waals surface area contributed by atoms with Crippen LogP contribution in [0.2, 0.25) is 0 Å². The third-order valence-corrected chi connectivity index (χ3v) is 6.06. The van der Waals surface area contributed by atoms with E-state index in [2.05, 4.69) is 25.0 Å². The van der Waals surface area contributed by atoms with Crippen molar-refractivity contribution in [2.24, 2.45) is 0 Å². The van der Waals surface area contributed by atoms with Crippen LogP contribution in [0.15, 0.2) is 60.9 Å². The number of aliphatic hydroxyl groups excluding tert-OH is 1. The molecule has 0 spiro atoms. The van der Waals surface area contributed by atoms with Crippen molar-refractivity contribution in [2.45, 2.75) is 19.7 Å². The minimum atomic E-state index is -0.800. The minimum Gasteiger partial charge on any atom is -0.376 e. The molecule has 0 radical (unpaired) electrons. The number of aromatic nitrogens is 5. The Morgan fingerprint density at radius 1 is 0.886 bits per heavy atom. The van der Waals surface area contributed by atoms with E-state index in [9.17, 15) is 13.9 Å². The summed E-state index contributed by atoms with van der Waals surface area (Å²) in [5.74, 6) is 1.08. The molecule has 1 fully saturated rings. The van der Waals surface area contributed by atoms with E-state index in [1.165, 1.54) is 24.3 Å². The second-order valence-corrected chi connectivity index (χ2v) is 8.48. The number of rotatable bonds is 6. The predicted octanol–water partition coefficient (Wildman–Crippen LogP) is 3.13. The van der Waals surface area contributed by atoms with Crippen LogP contribution in [0.1, 0.15) is 5.69 Å². The number of benzene rings is 2. The van der Waals surface area contributed by atoms with Gasteiger partial charge in [0.2, 0.25) is 0 Å². The van der Waals surface area contributed by atoms with E-state index in [0.717, 1.165) is 24.6 Å². The molecule has 1 saturated heterocycles. The van der Waals surface area contributed by atoms with Gasteiger partial charge in [-0.2, -0.15) is 5.10 Å². The second-order valence-electron chi connectivity index (χ2n) is 8.48. The van der Waals surface area contributed by atoms with E-state index in [4.69, 9.17) is 0 Å². The number of piperazine rings is 1. The fraction of sp³-hybridized carbons (Fsp3) is 0.280. The Balaban J connectivity index is 1.34. The molecule has 1 aliphatic heterocycles. The Kier molecular flexibility index (Phi) is 6.47. The van der Waals surface area contributed by atoms with Crippen molar-refractivity contribution in [3.63, 3.8) is 0 Å². The molecule has 0 bridgehead atoms. The molecule has 0 amide bonds. The normalized spacial score (nSPS) is 15.4. The van der Waals surface area contributed by atoms with E-state index in [0.29, 0.717) is 35.9 Å². The van der Waals surface area contributed by atoms with Gasteiger partial charge in [-0.05, 0) is 55.5 Å². The third kappa shape index (κ3) is 5.18. The Morgan fingerprint density at radius 3 is 2.14 bits per heavy atom. The largest absolute Gasteiger partial charge is 0.376 e. The summed E-state index contributed by atoms with van der Waals surface area (Å²) in [5, 5.41) is 15.6. The molecule has 1 N–H and O–H groups in total. The third-order valence-electron chi connectivity index (χ3n) is 6.06. The van der Waals surface area contributed by atoms with Gasteiger partial charge in [-0.1, -0.05) is 0 Å². The van der Waals surface area contributed by atoms with Crippen LogP contribution < -0.4 is 4.90 Å². The van der Waals surface area contributed by atoms with Gasteiger partial charge in [-0.25, -0.2) is 28.4 Å². The van der Waals surface area contributed by atoms with Gasteiger partial charge in [0.25, 0.3) is 0 Å². The number of aryl methyl sites for hydroxylation is 1. The van der Waals surface area contributed by atoms with Gasteiger partial charge in [0.15, 0.2) is 11.6 Å². The van der Waals surface area contributed by atoms with Crippen molar-refractivity contribution in [1.29, 1.82) is 0 Å². The zero-order valence-electron chi connectivity index (χ0n) is 19.2. The van der Waals surface area contributed by atoms with Gasteiger partial charge < -0.3 is 10.0 Å². The highest BCUT2D eigenvalue weighted by molar-refractivity contribution is 5.61. The van der Waals surface area contributed by atoms with Crippen LogP contribution >= 0.6 is 0 Å². The molecule has 0 saturated carbocycles. The van der Waals surface area contributed by atoms with Crippen LogP contribution in [0.3, 0.4) is 0 Å². The molecule has 8 nitrogen and oxygen atoms in total. The van der Waals surface area contributed by atoms with Crippen molar-refractivity contribution in [3.05, 3.63) is 78.3 Å². The van der Waals surface area contributed by atoms with Crippen LogP contribution in [0.4, 0.5) is 14.6 Å². The van der Waals surface area contributed by atoms with Crippen LogP contribution in [-0.4, -0.2) is 67.1 Å². The van der Waals surface area contributed by atoms with Crippen molar-refractivity contribution >= 4 is 5.82 Å². The molecule has 3 heterocycles. The van der Waals surface area contributed by atoms with Gasteiger partial charge in [0.05, 0.1) is 6.54 Å². The number of anilines is 1. The van der Waals surface area contributed by atoms with Crippen molar-refractivity contribution in [3.8, 4) is 22.8 Å². The molecular weight excluding hydrogens is 452 g/mol. The first-order chi connectivity index (χ1) is 17.0. The van der Waals surface area contributed by atoms with E-state index in [1.807, 2.05) is 17.9 Å². The van der Waals surface area contributed by atoms with Gasteiger partial charge in [0.1, 0.15) is 30.0 Å². The van der Waals surface area contributed by atoms with Crippen molar-refractivity contribution in [2.75, 3.05) is 31.1 Å². The maximum absolute atomic E-state index is 13.5. The number of aliphatic hydroxyl groups is 1. The summed E-state index contributed by atoms with van der Waals surface area (Å²) < 4.78 is 28.5. The quantitative estimate of drug-likeness (QED) is 0.457. The van der Waals surface area contributed by atoms with E-state index >= 15 is 0 Å². The summed E-state index contributed by atoms with van der Waals surface area (Å²) in [5.41, 5.74) is 2.23. The number of halogens is 2. The minimum absolute atomic E-state index is 0.174. The Bertz CT molecular complexity index is 1290. The van der Waals surface area contributed by atoms with Gasteiger partial charge in [0, 0.05) is 49.1 Å². The maximum atomic E-state index is 13.5. The lowest BCUT2D eigenvalue weighted by Gasteiger charge is -2.37. The molecular formula is C25H25F2N7O. The Hall–Kier alpha value is -3.76. The maximum Gasteiger partial charge on any atom is 0.181 e. The zero-order valence-corrected chi connectivity index (χ0v) is 19.2. The van der Waals surface area contributed by atoms with E-state index in [1.54, 1.807) is 35.3 Å². The van der Waals surface area contributed by atoms with E-state index in [-0.39, 0.29) is 18.2 Å². The summed E-state index contributed by atoms with van der Waals surface area (Å²) in [6, 6.07) is 13.8. The first kappa shape index (κ1) is 23.0. The first-order valence-electron chi connectivity index (χ1n) is 11.4. The molecule has 2 aromatic heterocycles. The standard InChI is InChI=1S/C25H25F2N7O/c1-17-14-22(29-16-28-17)32-10-12-33(13-11-32)23(35)15-34-25(19-4-8-21(27)9-5-19)30-24(31-34)18-2-6-20(26)7-3-18/h2-9,14,16,23,35H,10-13,15H2,1H3/t23-/m0/s1. The summed E-state index contributed by atoms with van der Waals surface area (Å²) in [6.45, 7) is 4.84. The number of hydrogen-bond acceptors (Lipinski definition) is 7. The molecule has 4 aromatic rings.